The third-order valence-corrected chi connectivity index (χ3v) is 3.63. The second-order valence-corrected chi connectivity index (χ2v) is 5.26. The summed E-state index contributed by atoms with van der Waals surface area (Å²) >= 11 is 5.40. The zero-order valence-electron chi connectivity index (χ0n) is 11.7. The third kappa shape index (κ3) is 3.45. The van der Waals surface area contributed by atoms with E-state index in [1.165, 1.54) is 17.5 Å². The van der Waals surface area contributed by atoms with Gasteiger partial charge in [-0.1, -0.05) is 25.5 Å². The lowest BCUT2D eigenvalue weighted by Gasteiger charge is -2.07. The zero-order chi connectivity index (χ0) is 13.7. The molecule has 0 atom stereocenters. The van der Waals surface area contributed by atoms with Crippen molar-refractivity contribution in [1.29, 1.82) is 0 Å². The predicted molar refractivity (Wildman–Crippen MR) is 82.2 cm³/mol. The largest absolute Gasteiger partial charge is 0.381 e. The van der Waals surface area contributed by atoms with Crippen LogP contribution >= 0.6 is 12.2 Å². The molecule has 0 fully saturated rings. The number of benzene rings is 1. The quantitative estimate of drug-likeness (QED) is 0.607. The number of fused-ring (bicyclic) bond motifs is 1. The highest BCUT2D eigenvalue weighted by Crippen LogP contribution is 2.18. The Morgan fingerprint density at radius 3 is 2.84 bits per heavy atom. The van der Waals surface area contributed by atoms with Gasteiger partial charge in [0, 0.05) is 19.8 Å². The highest BCUT2D eigenvalue weighted by Gasteiger charge is 2.06. The molecule has 4 heteroatoms. The molecule has 1 N–H and O–H groups in total. The number of nitrogens with zero attached hydrogens (tertiary/aromatic N) is 1. The van der Waals surface area contributed by atoms with Crippen LogP contribution in [0.4, 0.5) is 0 Å². The molecule has 1 aromatic heterocycles. The van der Waals surface area contributed by atoms with Gasteiger partial charge in [0.1, 0.15) is 0 Å². The number of imidazole rings is 1. The Labute approximate surface area is 119 Å². The number of hydrogen-bond acceptors (Lipinski definition) is 2. The van der Waals surface area contributed by atoms with Crippen LogP contribution in [-0.4, -0.2) is 22.8 Å². The minimum atomic E-state index is 0.804. The maximum Gasteiger partial charge on any atom is 0.178 e. The standard InChI is InChI=1S/C15H22N2OS/c1-3-4-10-18-11-6-9-17-14-12(2)7-5-8-13(14)16-15(17)19/h5,7-8H,3-4,6,9-11H2,1-2H3,(H,16,19). The van der Waals surface area contributed by atoms with Crippen molar-refractivity contribution in [1.82, 2.24) is 9.55 Å². The Kier molecular flexibility index (Phi) is 5.16. The van der Waals surface area contributed by atoms with Crippen molar-refractivity contribution in [3.05, 3.63) is 28.5 Å². The van der Waals surface area contributed by atoms with Gasteiger partial charge in [0.05, 0.1) is 11.0 Å². The Morgan fingerprint density at radius 1 is 1.26 bits per heavy atom. The highest BCUT2D eigenvalue weighted by atomic mass is 32.1. The van der Waals surface area contributed by atoms with Crippen molar-refractivity contribution < 1.29 is 4.74 Å². The minimum absolute atomic E-state index is 0.804. The second-order valence-electron chi connectivity index (χ2n) is 4.87. The molecule has 2 aromatic rings. The molecule has 2 rings (SSSR count). The van der Waals surface area contributed by atoms with Gasteiger partial charge in [0.25, 0.3) is 0 Å². The van der Waals surface area contributed by atoms with E-state index in [9.17, 15) is 0 Å². The maximum absolute atomic E-state index is 5.60. The molecule has 19 heavy (non-hydrogen) atoms. The number of aryl methyl sites for hydroxylation is 2. The molecule has 0 aliphatic heterocycles. The average Bonchev–Trinajstić information content (AvgIpc) is 2.71. The monoisotopic (exact) mass is 278 g/mol. The zero-order valence-corrected chi connectivity index (χ0v) is 12.6. The third-order valence-electron chi connectivity index (χ3n) is 3.31. The van der Waals surface area contributed by atoms with Gasteiger partial charge >= 0.3 is 0 Å². The van der Waals surface area contributed by atoms with E-state index < -0.39 is 0 Å². The lowest BCUT2D eigenvalue weighted by Crippen LogP contribution is -2.04. The van der Waals surface area contributed by atoms with E-state index in [-0.39, 0.29) is 0 Å². The molecule has 0 bridgehead atoms. The lowest BCUT2D eigenvalue weighted by molar-refractivity contribution is 0.126. The molecular formula is C15H22N2OS. The number of para-hydroxylation sites is 1. The van der Waals surface area contributed by atoms with Crippen molar-refractivity contribution >= 4 is 23.3 Å². The number of ether oxygens (including phenoxy) is 1. The molecule has 0 unspecified atom stereocenters. The summed E-state index contributed by atoms with van der Waals surface area (Å²) in [4.78, 5) is 3.27. The van der Waals surface area contributed by atoms with Gasteiger partial charge in [0.2, 0.25) is 0 Å². The summed E-state index contributed by atoms with van der Waals surface area (Å²) in [5, 5.41) is 0. The molecule has 104 valence electrons. The van der Waals surface area contributed by atoms with Crippen molar-refractivity contribution in [2.24, 2.45) is 0 Å². The van der Waals surface area contributed by atoms with Gasteiger partial charge in [-0.15, -0.1) is 0 Å². The summed E-state index contributed by atoms with van der Waals surface area (Å²) in [5.41, 5.74) is 3.61. The summed E-state index contributed by atoms with van der Waals surface area (Å²) < 4.78 is 8.58. The van der Waals surface area contributed by atoms with Gasteiger partial charge < -0.3 is 14.3 Å². The Hall–Kier alpha value is -1.13. The predicted octanol–water partition coefficient (Wildman–Crippen LogP) is 4.21. The molecule has 0 radical (unpaired) electrons. The number of unbranched alkanes of at least 4 members (excludes halogenated alkanes) is 1. The number of hydrogen-bond donors (Lipinski definition) is 1. The number of aromatic nitrogens is 2. The molecule has 0 aliphatic rings. The van der Waals surface area contributed by atoms with Crippen LogP contribution < -0.4 is 0 Å². The van der Waals surface area contributed by atoms with Crippen LogP contribution in [0.2, 0.25) is 0 Å². The van der Waals surface area contributed by atoms with E-state index in [1.807, 2.05) is 0 Å². The SMILES string of the molecule is CCCCOCCCn1c(=S)[nH]c2cccc(C)c21. The van der Waals surface area contributed by atoms with Crippen LogP contribution in [-0.2, 0) is 11.3 Å². The second kappa shape index (κ2) is 6.87. The van der Waals surface area contributed by atoms with Crippen LogP contribution in [0.5, 0.6) is 0 Å². The van der Waals surface area contributed by atoms with Gasteiger partial charge in [-0.3, -0.25) is 0 Å². The van der Waals surface area contributed by atoms with Crippen molar-refractivity contribution in [2.75, 3.05) is 13.2 Å². The Bertz CT molecular complexity index is 585. The van der Waals surface area contributed by atoms with E-state index in [2.05, 4.69) is 41.6 Å². The topological polar surface area (TPSA) is 29.9 Å². The number of aromatic amines is 1. The lowest BCUT2D eigenvalue weighted by atomic mass is 10.2. The van der Waals surface area contributed by atoms with Gasteiger partial charge in [-0.05, 0) is 43.6 Å². The van der Waals surface area contributed by atoms with E-state index in [0.29, 0.717) is 0 Å². The van der Waals surface area contributed by atoms with Crippen molar-refractivity contribution in [3.8, 4) is 0 Å². The highest BCUT2D eigenvalue weighted by molar-refractivity contribution is 7.71. The molecule has 1 heterocycles. The smallest absolute Gasteiger partial charge is 0.178 e. The van der Waals surface area contributed by atoms with Gasteiger partial charge in [-0.25, -0.2) is 0 Å². The average molecular weight is 278 g/mol. The maximum atomic E-state index is 5.60. The summed E-state index contributed by atoms with van der Waals surface area (Å²) in [6.45, 7) is 6.89. The first-order chi connectivity index (χ1) is 9.24. The molecular weight excluding hydrogens is 256 g/mol. The Balaban J connectivity index is 2.00. The first kappa shape index (κ1) is 14.3. The fourth-order valence-electron chi connectivity index (χ4n) is 2.29. The number of rotatable bonds is 7. The molecule has 0 aliphatic carbocycles. The normalized spacial score (nSPS) is 11.3. The Morgan fingerprint density at radius 2 is 2.05 bits per heavy atom. The van der Waals surface area contributed by atoms with Crippen LogP contribution in [0.3, 0.4) is 0 Å². The summed E-state index contributed by atoms with van der Waals surface area (Å²) in [7, 11) is 0. The molecule has 0 spiro atoms. The van der Waals surface area contributed by atoms with Crippen LogP contribution in [0.15, 0.2) is 18.2 Å². The van der Waals surface area contributed by atoms with Crippen LogP contribution in [0, 0.1) is 11.7 Å². The number of H-pyrrole nitrogens is 1. The first-order valence-electron chi connectivity index (χ1n) is 7.00. The van der Waals surface area contributed by atoms with E-state index in [1.54, 1.807) is 0 Å². The number of nitrogens with one attached hydrogen (secondary N) is 1. The summed E-state index contributed by atoms with van der Waals surface area (Å²) in [5.74, 6) is 0. The summed E-state index contributed by atoms with van der Waals surface area (Å²) in [6, 6.07) is 6.26. The minimum Gasteiger partial charge on any atom is -0.381 e. The van der Waals surface area contributed by atoms with Crippen molar-refractivity contribution in [3.63, 3.8) is 0 Å². The van der Waals surface area contributed by atoms with E-state index >= 15 is 0 Å². The van der Waals surface area contributed by atoms with Crippen LogP contribution in [0.25, 0.3) is 11.0 Å². The molecule has 1 aromatic carbocycles. The summed E-state index contributed by atoms with van der Waals surface area (Å²) in [6.07, 6.45) is 3.33. The molecule has 0 amide bonds. The fourth-order valence-corrected chi connectivity index (χ4v) is 2.58. The molecule has 3 nitrogen and oxygen atoms in total. The molecule has 0 saturated heterocycles. The molecule has 0 saturated carbocycles. The van der Waals surface area contributed by atoms with E-state index in [0.717, 1.165) is 42.9 Å². The van der Waals surface area contributed by atoms with Crippen molar-refractivity contribution in [2.45, 2.75) is 39.7 Å². The first-order valence-corrected chi connectivity index (χ1v) is 7.40. The fraction of sp³-hybridized carbons (Fsp3) is 0.533. The van der Waals surface area contributed by atoms with Gasteiger partial charge in [-0.2, -0.15) is 0 Å². The van der Waals surface area contributed by atoms with Crippen LogP contribution in [0.1, 0.15) is 31.7 Å². The van der Waals surface area contributed by atoms with E-state index in [4.69, 9.17) is 17.0 Å². The van der Waals surface area contributed by atoms with Gasteiger partial charge in [0.15, 0.2) is 4.77 Å².